The Labute approximate surface area is 168 Å². The number of nitrogens with one attached hydrogen (secondary N) is 2. The fourth-order valence-electron chi connectivity index (χ4n) is 3.11. The van der Waals surface area contributed by atoms with Crippen LogP contribution in [0, 0.1) is 0 Å². The minimum absolute atomic E-state index is 0.220. The lowest BCUT2D eigenvalue weighted by atomic mass is 10.1. The molecule has 0 saturated heterocycles. The molecule has 1 heterocycles. The SMILES string of the molecule is CCOC(=O)c1ccccc1NC(=O)N(CC)Cc1cc(=O)[nH]c2ccccc12. The van der Waals surface area contributed by atoms with Gasteiger partial charge in [0.15, 0.2) is 0 Å². The number of ether oxygens (including phenoxy) is 1. The van der Waals surface area contributed by atoms with E-state index in [9.17, 15) is 14.4 Å². The van der Waals surface area contributed by atoms with Gasteiger partial charge < -0.3 is 19.9 Å². The number of H-pyrrole nitrogens is 1. The van der Waals surface area contributed by atoms with Crippen LogP contribution in [0.15, 0.2) is 59.4 Å². The van der Waals surface area contributed by atoms with Gasteiger partial charge in [-0.1, -0.05) is 30.3 Å². The maximum absolute atomic E-state index is 12.9. The van der Waals surface area contributed by atoms with Crippen LogP contribution in [0.2, 0.25) is 0 Å². The van der Waals surface area contributed by atoms with E-state index in [1.54, 1.807) is 36.1 Å². The number of carbonyl (C=O) groups is 2. The predicted octanol–water partition coefficient (Wildman–Crippen LogP) is 3.76. The van der Waals surface area contributed by atoms with Crippen molar-refractivity contribution in [2.24, 2.45) is 0 Å². The van der Waals surface area contributed by atoms with Crippen LogP contribution < -0.4 is 10.9 Å². The first kappa shape index (κ1) is 20.1. The second-order valence-electron chi connectivity index (χ2n) is 6.41. The van der Waals surface area contributed by atoms with E-state index in [1.165, 1.54) is 6.07 Å². The summed E-state index contributed by atoms with van der Waals surface area (Å²) in [7, 11) is 0. The Kier molecular flexibility index (Phi) is 6.29. The molecule has 2 amide bonds. The number of esters is 1. The summed E-state index contributed by atoms with van der Waals surface area (Å²) >= 11 is 0. The second kappa shape index (κ2) is 9.05. The van der Waals surface area contributed by atoms with Crippen LogP contribution in [0.3, 0.4) is 0 Å². The Bertz CT molecular complexity index is 1090. The molecule has 0 saturated carbocycles. The molecule has 0 aliphatic rings. The van der Waals surface area contributed by atoms with E-state index in [4.69, 9.17) is 4.74 Å². The zero-order valence-corrected chi connectivity index (χ0v) is 16.4. The van der Waals surface area contributed by atoms with Gasteiger partial charge in [0, 0.05) is 30.1 Å². The lowest BCUT2D eigenvalue weighted by molar-refractivity contribution is 0.0527. The Morgan fingerprint density at radius 1 is 1.07 bits per heavy atom. The molecule has 0 radical (unpaired) electrons. The van der Waals surface area contributed by atoms with Gasteiger partial charge in [0.25, 0.3) is 0 Å². The molecule has 3 aromatic rings. The maximum atomic E-state index is 12.9. The van der Waals surface area contributed by atoms with E-state index >= 15 is 0 Å². The summed E-state index contributed by atoms with van der Waals surface area (Å²) in [6.07, 6.45) is 0. The van der Waals surface area contributed by atoms with Gasteiger partial charge in [0.05, 0.1) is 17.9 Å². The quantitative estimate of drug-likeness (QED) is 0.624. The number of urea groups is 1. The topological polar surface area (TPSA) is 91.5 Å². The van der Waals surface area contributed by atoms with Crippen LogP contribution in [-0.4, -0.2) is 35.0 Å². The van der Waals surface area contributed by atoms with Crippen molar-refractivity contribution in [3.63, 3.8) is 0 Å². The number of hydrogen-bond donors (Lipinski definition) is 2. The molecule has 2 aromatic carbocycles. The highest BCUT2D eigenvalue weighted by molar-refractivity contribution is 6.00. The van der Waals surface area contributed by atoms with Gasteiger partial charge in [-0.3, -0.25) is 4.79 Å². The van der Waals surface area contributed by atoms with E-state index in [1.807, 2.05) is 31.2 Å². The van der Waals surface area contributed by atoms with Crippen molar-refractivity contribution in [2.45, 2.75) is 20.4 Å². The van der Waals surface area contributed by atoms with Crippen molar-refractivity contribution in [2.75, 3.05) is 18.5 Å². The lowest BCUT2D eigenvalue weighted by Gasteiger charge is -2.23. The molecule has 0 atom stereocenters. The normalized spacial score (nSPS) is 10.6. The van der Waals surface area contributed by atoms with Crippen LogP contribution in [0.5, 0.6) is 0 Å². The number of pyridine rings is 1. The highest BCUT2D eigenvalue weighted by atomic mass is 16.5. The number of aromatic nitrogens is 1. The number of amides is 2. The minimum atomic E-state index is -0.493. The summed E-state index contributed by atoms with van der Waals surface area (Å²) in [4.78, 5) is 41.4. The summed E-state index contributed by atoms with van der Waals surface area (Å²) in [5, 5.41) is 3.66. The van der Waals surface area contributed by atoms with Crippen molar-refractivity contribution in [3.05, 3.63) is 76.1 Å². The number of benzene rings is 2. The molecule has 150 valence electrons. The fraction of sp³-hybridized carbons (Fsp3) is 0.227. The van der Waals surface area contributed by atoms with Crippen molar-refractivity contribution in [1.82, 2.24) is 9.88 Å². The van der Waals surface area contributed by atoms with Gasteiger partial charge in [-0.15, -0.1) is 0 Å². The van der Waals surface area contributed by atoms with E-state index in [2.05, 4.69) is 10.3 Å². The first-order chi connectivity index (χ1) is 14.0. The van der Waals surface area contributed by atoms with Crippen molar-refractivity contribution < 1.29 is 14.3 Å². The Hall–Kier alpha value is -3.61. The number of fused-ring (bicyclic) bond motifs is 1. The van der Waals surface area contributed by atoms with Crippen LogP contribution in [0.4, 0.5) is 10.5 Å². The first-order valence-electron chi connectivity index (χ1n) is 9.46. The minimum Gasteiger partial charge on any atom is -0.462 e. The van der Waals surface area contributed by atoms with Crippen molar-refractivity contribution >= 4 is 28.6 Å². The highest BCUT2D eigenvalue weighted by Gasteiger charge is 2.18. The molecular formula is C22H23N3O4. The summed E-state index contributed by atoms with van der Waals surface area (Å²) < 4.78 is 5.05. The molecule has 0 spiro atoms. The zero-order valence-electron chi connectivity index (χ0n) is 16.4. The summed E-state index contributed by atoms with van der Waals surface area (Å²) in [5.41, 5.74) is 1.92. The van der Waals surface area contributed by atoms with Gasteiger partial charge in [-0.25, -0.2) is 9.59 Å². The number of hydrogen-bond acceptors (Lipinski definition) is 4. The average molecular weight is 393 g/mol. The number of nitrogens with zero attached hydrogens (tertiary/aromatic N) is 1. The maximum Gasteiger partial charge on any atom is 0.340 e. The van der Waals surface area contributed by atoms with Crippen LogP contribution >= 0.6 is 0 Å². The monoisotopic (exact) mass is 393 g/mol. The summed E-state index contributed by atoms with van der Waals surface area (Å²) in [5.74, 6) is -0.493. The molecule has 0 bridgehead atoms. The zero-order chi connectivity index (χ0) is 20.8. The molecule has 0 aliphatic heterocycles. The van der Waals surface area contributed by atoms with E-state index in [0.717, 1.165) is 16.5 Å². The van der Waals surface area contributed by atoms with Crippen LogP contribution in [-0.2, 0) is 11.3 Å². The average Bonchev–Trinajstić information content (AvgIpc) is 2.72. The van der Waals surface area contributed by atoms with Gasteiger partial charge in [-0.2, -0.15) is 0 Å². The van der Waals surface area contributed by atoms with E-state index < -0.39 is 5.97 Å². The highest BCUT2D eigenvalue weighted by Crippen LogP contribution is 2.19. The Morgan fingerprint density at radius 3 is 2.55 bits per heavy atom. The fourth-order valence-corrected chi connectivity index (χ4v) is 3.11. The second-order valence-corrected chi connectivity index (χ2v) is 6.41. The number of anilines is 1. The standard InChI is InChI=1S/C22H23N3O4/c1-3-25(14-15-13-20(26)23-18-11-7-5-9-16(15)18)22(28)24-19-12-8-6-10-17(19)21(27)29-4-2/h5-13H,3-4,14H2,1-2H3,(H,23,26)(H,24,28). The Morgan fingerprint density at radius 2 is 1.79 bits per heavy atom. The largest absolute Gasteiger partial charge is 0.462 e. The molecule has 0 unspecified atom stereocenters. The molecule has 7 heteroatoms. The summed E-state index contributed by atoms with van der Waals surface area (Å²) in [6.45, 7) is 4.51. The molecule has 3 rings (SSSR count). The molecule has 2 N–H and O–H groups in total. The van der Waals surface area contributed by atoms with Crippen molar-refractivity contribution in [3.8, 4) is 0 Å². The number of aromatic amines is 1. The lowest BCUT2D eigenvalue weighted by Crippen LogP contribution is -2.35. The third kappa shape index (κ3) is 4.63. The van der Waals surface area contributed by atoms with Crippen molar-refractivity contribution in [1.29, 1.82) is 0 Å². The smallest absolute Gasteiger partial charge is 0.340 e. The molecule has 29 heavy (non-hydrogen) atoms. The Balaban J connectivity index is 1.85. The van der Waals surface area contributed by atoms with Gasteiger partial charge in [0.1, 0.15) is 0 Å². The molecule has 7 nitrogen and oxygen atoms in total. The predicted molar refractivity (Wildman–Crippen MR) is 112 cm³/mol. The van der Waals surface area contributed by atoms with E-state index in [0.29, 0.717) is 17.8 Å². The number of carbonyl (C=O) groups excluding carboxylic acids is 2. The molecule has 0 fully saturated rings. The third-order valence-electron chi connectivity index (χ3n) is 4.53. The molecule has 0 aliphatic carbocycles. The van der Waals surface area contributed by atoms with Gasteiger partial charge in [0.2, 0.25) is 5.56 Å². The first-order valence-corrected chi connectivity index (χ1v) is 9.46. The van der Waals surface area contributed by atoms with Crippen LogP contribution in [0.25, 0.3) is 10.9 Å². The van der Waals surface area contributed by atoms with Gasteiger partial charge in [-0.05, 0) is 37.6 Å². The third-order valence-corrected chi connectivity index (χ3v) is 4.53. The van der Waals surface area contributed by atoms with E-state index in [-0.39, 0.29) is 24.7 Å². The van der Waals surface area contributed by atoms with Gasteiger partial charge >= 0.3 is 12.0 Å². The number of rotatable bonds is 6. The summed E-state index contributed by atoms with van der Waals surface area (Å²) in [6, 6.07) is 15.3. The van der Waals surface area contributed by atoms with Crippen LogP contribution in [0.1, 0.15) is 29.8 Å². The number of para-hydroxylation sites is 2. The molecular weight excluding hydrogens is 370 g/mol. The molecule has 1 aromatic heterocycles.